The van der Waals surface area contributed by atoms with Gasteiger partial charge in [-0.15, -0.1) is 0 Å². The molecule has 0 aromatic heterocycles. The number of hydrogen-bond acceptors (Lipinski definition) is 3. The minimum atomic E-state index is 0.149. The van der Waals surface area contributed by atoms with E-state index in [0.29, 0.717) is 5.92 Å². The first-order valence-corrected chi connectivity index (χ1v) is 7.99. The second-order valence-corrected chi connectivity index (χ2v) is 6.23. The van der Waals surface area contributed by atoms with Gasteiger partial charge in [0.15, 0.2) is 0 Å². The maximum Gasteiger partial charge on any atom is 0.123 e. The molecule has 3 nitrogen and oxygen atoms in total. The molecule has 0 aliphatic rings. The Morgan fingerprint density at radius 2 is 2.00 bits per heavy atom. The Morgan fingerprint density at radius 1 is 1.25 bits per heavy atom. The molecule has 0 aliphatic heterocycles. The number of nitrogens with one attached hydrogen (secondary N) is 1. The van der Waals surface area contributed by atoms with Gasteiger partial charge in [-0.1, -0.05) is 29.8 Å². The molecule has 0 bridgehead atoms. The maximum atomic E-state index is 6.05. The molecule has 0 radical (unpaired) electrons. The van der Waals surface area contributed by atoms with E-state index in [0.717, 1.165) is 36.3 Å². The van der Waals surface area contributed by atoms with E-state index >= 15 is 0 Å². The molecule has 1 N–H and O–H groups in total. The van der Waals surface area contributed by atoms with Crippen LogP contribution in [0.1, 0.15) is 38.7 Å². The zero-order valence-electron chi connectivity index (χ0n) is 12.9. The normalized spacial score (nSPS) is 12.7. The van der Waals surface area contributed by atoms with Crippen LogP contribution in [0.2, 0.25) is 0 Å². The second kappa shape index (κ2) is 9.37. The smallest absolute Gasteiger partial charge is 0.123 e. The minimum Gasteiger partial charge on any atom is -0.489 e. The molecule has 1 aromatic carbocycles. The minimum absolute atomic E-state index is 0.149. The van der Waals surface area contributed by atoms with Crippen molar-refractivity contribution >= 4 is 15.9 Å². The SMILES string of the molecule is COCCCNCC(C)Oc1ccc(Br)cc1C(C)C. The van der Waals surface area contributed by atoms with Crippen molar-refractivity contribution in [1.29, 1.82) is 0 Å². The molecule has 0 amide bonds. The van der Waals surface area contributed by atoms with Crippen LogP contribution in [0.4, 0.5) is 0 Å². The molecule has 4 heteroatoms. The van der Waals surface area contributed by atoms with Crippen LogP contribution >= 0.6 is 15.9 Å². The topological polar surface area (TPSA) is 30.5 Å². The lowest BCUT2D eigenvalue weighted by Gasteiger charge is -2.20. The molecule has 114 valence electrons. The van der Waals surface area contributed by atoms with Crippen LogP contribution in [0.25, 0.3) is 0 Å². The van der Waals surface area contributed by atoms with Crippen molar-refractivity contribution in [3.8, 4) is 5.75 Å². The van der Waals surface area contributed by atoms with Gasteiger partial charge in [0, 0.05) is 24.7 Å². The van der Waals surface area contributed by atoms with E-state index in [2.05, 4.69) is 48.1 Å². The summed E-state index contributed by atoms with van der Waals surface area (Å²) in [6.07, 6.45) is 1.18. The molecule has 0 fully saturated rings. The highest BCUT2D eigenvalue weighted by Gasteiger charge is 2.11. The van der Waals surface area contributed by atoms with Gasteiger partial charge in [-0.05, 0) is 49.6 Å². The van der Waals surface area contributed by atoms with Gasteiger partial charge in [0.2, 0.25) is 0 Å². The third kappa shape index (κ3) is 6.25. The van der Waals surface area contributed by atoms with Gasteiger partial charge in [0.25, 0.3) is 0 Å². The first kappa shape index (κ1) is 17.5. The van der Waals surface area contributed by atoms with Gasteiger partial charge in [0.1, 0.15) is 11.9 Å². The Labute approximate surface area is 131 Å². The Kier molecular flexibility index (Phi) is 8.19. The summed E-state index contributed by atoms with van der Waals surface area (Å²) < 4.78 is 12.2. The van der Waals surface area contributed by atoms with Gasteiger partial charge >= 0.3 is 0 Å². The predicted octanol–water partition coefficient (Wildman–Crippen LogP) is 3.97. The lowest BCUT2D eigenvalue weighted by Crippen LogP contribution is -2.30. The van der Waals surface area contributed by atoms with Crippen molar-refractivity contribution in [3.05, 3.63) is 28.2 Å². The molecule has 20 heavy (non-hydrogen) atoms. The van der Waals surface area contributed by atoms with Crippen LogP contribution in [-0.2, 0) is 4.74 Å². The van der Waals surface area contributed by atoms with E-state index < -0.39 is 0 Å². The van der Waals surface area contributed by atoms with Crippen molar-refractivity contribution < 1.29 is 9.47 Å². The molecule has 0 saturated heterocycles. The number of ether oxygens (including phenoxy) is 2. The Hall–Kier alpha value is -0.580. The molecular weight excluding hydrogens is 318 g/mol. The molecule has 1 atom stereocenters. The first-order chi connectivity index (χ1) is 9.54. The summed E-state index contributed by atoms with van der Waals surface area (Å²) in [7, 11) is 1.73. The lowest BCUT2D eigenvalue weighted by atomic mass is 10.0. The first-order valence-electron chi connectivity index (χ1n) is 7.20. The number of halogens is 1. The molecule has 0 saturated carbocycles. The third-order valence-corrected chi connectivity index (χ3v) is 3.55. The molecular formula is C16H26BrNO2. The molecule has 1 unspecified atom stereocenters. The Balaban J connectivity index is 2.47. The lowest BCUT2D eigenvalue weighted by molar-refractivity contribution is 0.188. The maximum absolute atomic E-state index is 6.05. The van der Waals surface area contributed by atoms with Gasteiger partial charge in [-0.2, -0.15) is 0 Å². The number of hydrogen-bond donors (Lipinski definition) is 1. The monoisotopic (exact) mass is 343 g/mol. The van der Waals surface area contributed by atoms with Gasteiger partial charge in [-0.3, -0.25) is 0 Å². The highest BCUT2D eigenvalue weighted by atomic mass is 79.9. The van der Waals surface area contributed by atoms with Crippen molar-refractivity contribution in [2.75, 3.05) is 26.8 Å². The summed E-state index contributed by atoms with van der Waals surface area (Å²) in [5.41, 5.74) is 1.24. The predicted molar refractivity (Wildman–Crippen MR) is 87.7 cm³/mol. The quantitative estimate of drug-likeness (QED) is 0.688. The molecule has 0 heterocycles. The van der Waals surface area contributed by atoms with Gasteiger partial charge < -0.3 is 14.8 Å². The zero-order chi connectivity index (χ0) is 15.0. The molecule has 0 spiro atoms. The fourth-order valence-electron chi connectivity index (χ4n) is 1.98. The third-order valence-electron chi connectivity index (χ3n) is 3.06. The van der Waals surface area contributed by atoms with Crippen molar-refractivity contribution in [1.82, 2.24) is 5.32 Å². The van der Waals surface area contributed by atoms with Crippen molar-refractivity contribution in [2.45, 2.75) is 39.2 Å². The van der Waals surface area contributed by atoms with Gasteiger partial charge in [-0.25, -0.2) is 0 Å². The van der Waals surface area contributed by atoms with E-state index in [-0.39, 0.29) is 6.10 Å². The summed E-state index contributed by atoms with van der Waals surface area (Å²) in [5.74, 6) is 1.43. The van der Waals surface area contributed by atoms with Crippen molar-refractivity contribution in [3.63, 3.8) is 0 Å². The molecule has 0 aliphatic carbocycles. The van der Waals surface area contributed by atoms with Crippen LogP contribution in [-0.4, -0.2) is 32.9 Å². The van der Waals surface area contributed by atoms with E-state index in [1.54, 1.807) is 7.11 Å². The second-order valence-electron chi connectivity index (χ2n) is 5.32. The van der Waals surface area contributed by atoms with E-state index in [1.807, 2.05) is 12.1 Å². The number of methoxy groups -OCH3 is 1. The fraction of sp³-hybridized carbons (Fsp3) is 0.625. The van der Waals surface area contributed by atoms with Crippen LogP contribution in [0.3, 0.4) is 0 Å². The summed E-state index contributed by atoms with van der Waals surface area (Å²) in [6.45, 7) is 9.06. The largest absolute Gasteiger partial charge is 0.489 e. The Morgan fingerprint density at radius 3 is 2.65 bits per heavy atom. The average Bonchev–Trinajstić information content (AvgIpc) is 2.40. The van der Waals surface area contributed by atoms with Gasteiger partial charge in [0.05, 0.1) is 0 Å². The molecule has 1 rings (SSSR count). The standard InChI is InChI=1S/C16H26BrNO2/c1-12(2)15-10-14(17)6-7-16(15)20-13(3)11-18-8-5-9-19-4/h6-7,10,12-13,18H,5,8-9,11H2,1-4H3. The summed E-state index contributed by atoms with van der Waals surface area (Å²) in [5, 5.41) is 3.39. The van der Waals surface area contributed by atoms with E-state index in [1.165, 1.54) is 5.56 Å². The van der Waals surface area contributed by atoms with Crippen LogP contribution in [0.5, 0.6) is 5.75 Å². The summed E-state index contributed by atoms with van der Waals surface area (Å²) in [6, 6.07) is 6.21. The summed E-state index contributed by atoms with van der Waals surface area (Å²) in [4.78, 5) is 0. The van der Waals surface area contributed by atoms with E-state index in [9.17, 15) is 0 Å². The van der Waals surface area contributed by atoms with E-state index in [4.69, 9.17) is 9.47 Å². The average molecular weight is 344 g/mol. The van der Waals surface area contributed by atoms with Crippen LogP contribution < -0.4 is 10.1 Å². The number of benzene rings is 1. The van der Waals surface area contributed by atoms with Crippen molar-refractivity contribution in [2.24, 2.45) is 0 Å². The van der Waals surface area contributed by atoms with Crippen LogP contribution in [0.15, 0.2) is 22.7 Å². The molecule has 1 aromatic rings. The highest BCUT2D eigenvalue weighted by molar-refractivity contribution is 9.10. The summed E-state index contributed by atoms with van der Waals surface area (Å²) >= 11 is 3.52. The fourth-order valence-corrected chi connectivity index (χ4v) is 2.36. The van der Waals surface area contributed by atoms with Crippen LogP contribution in [0, 0.1) is 0 Å². The zero-order valence-corrected chi connectivity index (χ0v) is 14.5. The Bertz CT molecular complexity index is 396. The number of rotatable bonds is 9. The highest BCUT2D eigenvalue weighted by Crippen LogP contribution is 2.30.